The molecule has 1 rings (SSSR count). The Bertz CT molecular complexity index is 776. The Morgan fingerprint density at radius 2 is 0.946 bits per heavy atom. The molecule has 0 aromatic rings. The molecule has 2 amide bonds. The third-order valence-electron chi connectivity index (χ3n) is 5.72. The second kappa shape index (κ2) is 17.4. The zero-order chi connectivity index (χ0) is 27.8. The number of carboxylic acids is 3. The van der Waals surface area contributed by atoms with Crippen LogP contribution < -0.4 is 10.6 Å². The van der Waals surface area contributed by atoms with Crippen molar-refractivity contribution >= 4 is 29.7 Å². The number of carbonyl (C=O) groups is 5. The highest BCUT2D eigenvalue weighted by Gasteiger charge is 2.21. The number of nitrogens with zero attached hydrogens (tertiary/aromatic N) is 4. The Balaban J connectivity index is 2.77. The fourth-order valence-electron chi connectivity index (χ4n) is 3.71. The highest BCUT2D eigenvalue weighted by atomic mass is 16.4. The lowest BCUT2D eigenvalue weighted by atomic mass is 10.3. The second-order valence-electron chi connectivity index (χ2n) is 9.03. The van der Waals surface area contributed by atoms with Crippen molar-refractivity contribution in [1.82, 2.24) is 30.2 Å². The fraction of sp³-hybridized carbons (Fsp3) is 0.696. The van der Waals surface area contributed by atoms with Crippen LogP contribution >= 0.6 is 0 Å². The summed E-state index contributed by atoms with van der Waals surface area (Å²) in [6, 6.07) is 0. The molecule has 1 fully saturated rings. The zero-order valence-electron chi connectivity index (χ0n) is 21.5. The molecule has 0 spiro atoms. The Morgan fingerprint density at radius 1 is 0.622 bits per heavy atom. The van der Waals surface area contributed by atoms with Crippen molar-refractivity contribution in [3.63, 3.8) is 0 Å². The maximum Gasteiger partial charge on any atom is 0.317 e. The van der Waals surface area contributed by atoms with Gasteiger partial charge in [-0.2, -0.15) is 0 Å². The smallest absolute Gasteiger partial charge is 0.317 e. The van der Waals surface area contributed by atoms with E-state index in [4.69, 9.17) is 0 Å². The molecule has 0 bridgehead atoms. The Morgan fingerprint density at radius 3 is 1.27 bits per heavy atom. The van der Waals surface area contributed by atoms with Gasteiger partial charge in [-0.15, -0.1) is 0 Å². The number of carboxylic acid groups (broad SMARTS) is 3. The molecule has 1 heterocycles. The molecule has 210 valence electrons. The van der Waals surface area contributed by atoms with E-state index in [0.29, 0.717) is 77.4 Å². The molecule has 14 nitrogen and oxygen atoms in total. The van der Waals surface area contributed by atoms with Crippen LogP contribution in [0, 0.1) is 0 Å². The van der Waals surface area contributed by atoms with E-state index in [2.05, 4.69) is 17.2 Å². The van der Waals surface area contributed by atoms with E-state index < -0.39 is 17.9 Å². The molecule has 0 unspecified atom stereocenters. The molecule has 0 radical (unpaired) electrons. The van der Waals surface area contributed by atoms with Gasteiger partial charge < -0.3 is 26.0 Å². The van der Waals surface area contributed by atoms with Gasteiger partial charge in [0.05, 0.1) is 26.2 Å². The average molecular weight is 529 g/mol. The van der Waals surface area contributed by atoms with E-state index in [1.54, 1.807) is 21.6 Å². The van der Waals surface area contributed by atoms with E-state index in [-0.39, 0.29) is 38.0 Å². The standard InChI is InChI=1S/C23H40N6O8/c1-18(2)23(37)25-5-3-4-24-19(30)14-26-6-8-27(15-20(31)32)10-12-29(17-22(35)36)13-11-28(9-7-26)16-21(33)34/h1,3-17H2,2H3,(H,24,30)(H,25,37)(H,31,32)(H,33,34)(H,35,36). The Labute approximate surface area is 216 Å². The van der Waals surface area contributed by atoms with E-state index in [9.17, 15) is 39.3 Å². The highest BCUT2D eigenvalue weighted by Crippen LogP contribution is 2.01. The lowest BCUT2D eigenvalue weighted by Gasteiger charge is -2.32. The number of nitrogens with one attached hydrogen (secondary N) is 2. The van der Waals surface area contributed by atoms with Gasteiger partial charge in [-0.3, -0.25) is 43.6 Å². The van der Waals surface area contributed by atoms with Gasteiger partial charge in [-0.1, -0.05) is 6.58 Å². The molecule has 0 saturated carbocycles. The van der Waals surface area contributed by atoms with Crippen LogP contribution in [0.25, 0.3) is 0 Å². The summed E-state index contributed by atoms with van der Waals surface area (Å²) in [7, 11) is 0. The summed E-state index contributed by atoms with van der Waals surface area (Å²) in [6.45, 7) is 7.96. The minimum absolute atomic E-state index is 0.0467. The van der Waals surface area contributed by atoms with Gasteiger partial charge in [-0.05, 0) is 13.3 Å². The third-order valence-corrected chi connectivity index (χ3v) is 5.72. The largest absolute Gasteiger partial charge is 0.480 e. The van der Waals surface area contributed by atoms with Crippen molar-refractivity contribution in [2.24, 2.45) is 0 Å². The van der Waals surface area contributed by atoms with Crippen LogP contribution in [0.5, 0.6) is 0 Å². The quantitative estimate of drug-likeness (QED) is 0.127. The van der Waals surface area contributed by atoms with Crippen LogP contribution in [0.1, 0.15) is 13.3 Å². The molecule has 0 atom stereocenters. The summed E-state index contributed by atoms with van der Waals surface area (Å²) in [4.78, 5) is 64.9. The first kappa shape index (κ1) is 32.0. The monoisotopic (exact) mass is 528 g/mol. The molecule has 1 saturated heterocycles. The van der Waals surface area contributed by atoms with E-state index in [1.807, 2.05) is 4.90 Å². The first-order valence-corrected chi connectivity index (χ1v) is 12.2. The molecule has 0 aliphatic carbocycles. The van der Waals surface area contributed by atoms with Crippen molar-refractivity contribution in [2.75, 3.05) is 91.6 Å². The molecular weight excluding hydrogens is 488 g/mol. The molecule has 1 aliphatic rings. The third kappa shape index (κ3) is 15.6. The molecule has 14 heteroatoms. The topological polar surface area (TPSA) is 183 Å². The van der Waals surface area contributed by atoms with E-state index in [1.165, 1.54) is 0 Å². The number of carbonyl (C=O) groups excluding carboxylic acids is 2. The van der Waals surface area contributed by atoms with Gasteiger partial charge in [0.15, 0.2) is 0 Å². The second-order valence-corrected chi connectivity index (χ2v) is 9.03. The average Bonchev–Trinajstić information content (AvgIpc) is 2.79. The number of aliphatic carboxylic acids is 3. The van der Waals surface area contributed by atoms with Gasteiger partial charge in [0.2, 0.25) is 11.8 Å². The number of hydrogen-bond donors (Lipinski definition) is 5. The van der Waals surface area contributed by atoms with Crippen LogP contribution in [0.2, 0.25) is 0 Å². The Kier molecular flexibility index (Phi) is 15.0. The van der Waals surface area contributed by atoms with Crippen LogP contribution in [-0.4, -0.2) is 156 Å². The minimum Gasteiger partial charge on any atom is -0.480 e. The van der Waals surface area contributed by atoms with Crippen molar-refractivity contribution in [3.8, 4) is 0 Å². The normalized spacial score (nSPS) is 17.2. The predicted octanol–water partition coefficient (Wildman–Crippen LogP) is -2.34. The molecule has 5 N–H and O–H groups in total. The first-order chi connectivity index (χ1) is 17.5. The summed E-state index contributed by atoms with van der Waals surface area (Å²) in [5.41, 5.74) is 0.405. The minimum atomic E-state index is -1.02. The first-order valence-electron chi connectivity index (χ1n) is 12.2. The van der Waals surface area contributed by atoms with Gasteiger partial charge >= 0.3 is 17.9 Å². The number of amides is 2. The van der Waals surface area contributed by atoms with Crippen LogP contribution in [0.15, 0.2) is 12.2 Å². The predicted molar refractivity (Wildman–Crippen MR) is 134 cm³/mol. The zero-order valence-corrected chi connectivity index (χ0v) is 21.5. The summed E-state index contributed by atoms with van der Waals surface area (Å²) in [6.07, 6.45) is 0.538. The van der Waals surface area contributed by atoms with Crippen molar-refractivity contribution < 1.29 is 39.3 Å². The molecule has 0 aromatic carbocycles. The molecule has 1 aliphatic heterocycles. The van der Waals surface area contributed by atoms with Crippen molar-refractivity contribution in [1.29, 1.82) is 0 Å². The van der Waals surface area contributed by atoms with Gasteiger partial charge in [-0.25, -0.2) is 0 Å². The van der Waals surface area contributed by atoms with Crippen molar-refractivity contribution in [2.45, 2.75) is 13.3 Å². The summed E-state index contributed by atoms with van der Waals surface area (Å²) in [5.74, 6) is -3.51. The summed E-state index contributed by atoms with van der Waals surface area (Å²) in [5, 5.41) is 33.3. The lowest BCUT2D eigenvalue weighted by Crippen LogP contribution is -2.49. The van der Waals surface area contributed by atoms with Crippen molar-refractivity contribution in [3.05, 3.63) is 12.2 Å². The molecule has 37 heavy (non-hydrogen) atoms. The number of hydrogen-bond acceptors (Lipinski definition) is 9. The molecular formula is C23H40N6O8. The maximum absolute atomic E-state index is 12.5. The summed E-state index contributed by atoms with van der Waals surface area (Å²) >= 11 is 0. The van der Waals surface area contributed by atoms with Gasteiger partial charge in [0.1, 0.15) is 0 Å². The van der Waals surface area contributed by atoms with Crippen LogP contribution in [-0.2, 0) is 24.0 Å². The van der Waals surface area contributed by atoms with Crippen LogP contribution in [0.4, 0.5) is 0 Å². The van der Waals surface area contributed by atoms with E-state index >= 15 is 0 Å². The summed E-state index contributed by atoms with van der Waals surface area (Å²) < 4.78 is 0. The SMILES string of the molecule is C=C(C)C(=O)NCCCNC(=O)CN1CCN(CC(=O)O)CCN(CC(=O)O)CCN(CC(=O)O)CC1. The van der Waals surface area contributed by atoms with E-state index in [0.717, 1.165) is 0 Å². The lowest BCUT2D eigenvalue weighted by molar-refractivity contribution is -0.140. The number of rotatable bonds is 13. The fourth-order valence-corrected chi connectivity index (χ4v) is 3.71. The maximum atomic E-state index is 12.5. The van der Waals surface area contributed by atoms with Gasteiger partial charge in [0.25, 0.3) is 0 Å². The van der Waals surface area contributed by atoms with Gasteiger partial charge in [0, 0.05) is 71.0 Å². The highest BCUT2D eigenvalue weighted by molar-refractivity contribution is 5.92. The van der Waals surface area contributed by atoms with Crippen LogP contribution in [0.3, 0.4) is 0 Å². The molecule has 0 aromatic heterocycles. The Hall–Kier alpha value is -3.07.